The maximum atomic E-state index is 13.5. The molecule has 2 atom stereocenters. The molecule has 0 radical (unpaired) electrons. The van der Waals surface area contributed by atoms with Gasteiger partial charge in [-0.1, -0.05) is 23.7 Å². The third kappa shape index (κ3) is 5.72. The van der Waals surface area contributed by atoms with Crippen molar-refractivity contribution in [1.29, 1.82) is 0 Å². The second kappa shape index (κ2) is 11.6. The molecule has 8 nitrogen and oxygen atoms in total. The summed E-state index contributed by atoms with van der Waals surface area (Å²) in [4.78, 5) is 13.5. The van der Waals surface area contributed by atoms with Crippen molar-refractivity contribution in [3.63, 3.8) is 0 Å². The first-order chi connectivity index (χ1) is 18.2. The Balaban J connectivity index is 1.68. The van der Waals surface area contributed by atoms with Gasteiger partial charge < -0.3 is 19.5 Å². The van der Waals surface area contributed by atoms with Crippen molar-refractivity contribution in [1.82, 2.24) is 9.62 Å². The van der Waals surface area contributed by atoms with Crippen molar-refractivity contribution in [3.05, 3.63) is 82.6 Å². The van der Waals surface area contributed by atoms with Crippen molar-refractivity contribution in [3.8, 4) is 17.2 Å². The number of halogens is 2. The van der Waals surface area contributed by atoms with Gasteiger partial charge in [-0.3, -0.25) is 4.79 Å². The molecule has 0 aliphatic carbocycles. The molecule has 1 heterocycles. The van der Waals surface area contributed by atoms with Crippen LogP contribution in [0, 0.1) is 11.7 Å². The Labute approximate surface area is 226 Å². The van der Waals surface area contributed by atoms with Gasteiger partial charge in [-0.05, 0) is 59.7 Å². The van der Waals surface area contributed by atoms with E-state index in [1.807, 2.05) is 0 Å². The number of nitrogens with one attached hydrogen (secondary N) is 1. The molecule has 3 aromatic carbocycles. The Morgan fingerprint density at radius 2 is 1.58 bits per heavy atom. The topological polar surface area (TPSA) is 94.2 Å². The fourth-order valence-electron chi connectivity index (χ4n) is 4.56. The van der Waals surface area contributed by atoms with Gasteiger partial charge in [-0.25, -0.2) is 12.8 Å². The fraction of sp³-hybridized carbons (Fsp3) is 0.296. The molecule has 3 aromatic rings. The Bertz CT molecular complexity index is 1380. The molecule has 2 unspecified atom stereocenters. The van der Waals surface area contributed by atoms with E-state index in [-0.39, 0.29) is 36.3 Å². The van der Waals surface area contributed by atoms with E-state index >= 15 is 0 Å². The molecule has 1 aliphatic heterocycles. The van der Waals surface area contributed by atoms with Gasteiger partial charge in [0.05, 0.1) is 32.1 Å². The first-order valence-electron chi connectivity index (χ1n) is 11.8. The monoisotopic (exact) mass is 562 g/mol. The summed E-state index contributed by atoms with van der Waals surface area (Å²) >= 11 is 5.95. The number of hydrogen-bond acceptors (Lipinski definition) is 6. The highest BCUT2D eigenvalue weighted by atomic mass is 35.5. The molecule has 0 spiro atoms. The molecular weight excluding hydrogens is 535 g/mol. The van der Waals surface area contributed by atoms with Crippen molar-refractivity contribution < 1.29 is 31.8 Å². The van der Waals surface area contributed by atoms with Crippen LogP contribution in [-0.4, -0.2) is 53.0 Å². The van der Waals surface area contributed by atoms with Crippen LogP contribution in [0.5, 0.6) is 17.2 Å². The van der Waals surface area contributed by atoms with Crippen LogP contribution in [0.25, 0.3) is 0 Å². The number of hydrogen-bond donors (Lipinski definition) is 1. The molecule has 202 valence electrons. The number of sulfonamides is 1. The number of nitrogens with zero attached hydrogens (tertiary/aromatic N) is 1. The van der Waals surface area contributed by atoms with E-state index in [4.69, 9.17) is 25.8 Å². The lowest BCUT2D eigenvalue weighted by Gasteiger charge is -2.21. The third-order valence-corrected chi connectivity index (χ3v) is 8.67. The third-order valence-electron chi connectivity index (χ3n) is 6.57. The molecule has 1 saturated heterocycles. The number of carbonyl (C=O) groups excluding carboxylic acids is 1. The summed E-state index contributed by atoms with van der Waals surface area (Å²) in [5.41, 5.74) is 1.38. The van der Waals surface area contributed by atoms with E-state index < -0.39 is 21.9 Å². The van der Waals surface area contributed by atoms with Crippen LogP contribution in [0.15, 0.2) is 65.6 Å². The lowest BCUT2D eigenvalue weighted by Crippen LogP contribution is -2.35. The zero-order chi connectivity index (χ0) is 27.4. The molecule has 1 N–H and O–H groups in total. The van der Waals surface area contributed by atoms with Crippen LogP contribution in [0.1, 0.15) is 17.0 Å². The Morgan fingerprint density at radius 3 is 2.13 bits per heavy atom. The van der Waals surface area contributed by atoms with E-state index in [1.54, 1.807) is 24.3 Å². The smallest absolute Gasteiger partial charge is 0.243 e. The van der Waals surface area contributed by atoms with E-state index in [2.05, 4.69) is 5.32 Å². The lowest BCUT2D eigenvalue weighted by molar-refractivity contribution is -0.125. The minimum Gasteiger partial charge on any atom is -0.493 e. The van der Waals surface area contributed by atoms with Crippen molar-refractivity contribution in [2.24, 2.45) is 5.92 Å². The Hall–Kier alpha value is -3.34. The number of amides is 1. The molecular formula is C27H28ClFN2O6S. The summed E-state index contributed by atoms with van der Waals surface area (Å²) in [5, 5.41) is 3.29. The number of ether oxygens (including phenoxy) is 3. The van der Waals surface area contributed by atoms with Crippen LogP contribution < -0.4 is 19.5 Å². The summed E-state index contributed by atoms with van der Waals surface area (Å²) in [5.74, 6) is -0.764. The standard InChI is InChI=1S/C27H28ClFN2O6S/c1-35-24-12-18(13-25(36-2)26(24)37-3)22-15-31(38(33,34)21-10-6-19(28)7-11-21)16-23(22)27(32)30-14-17-4-8-20(29)9-5-17/h4-13,22-23H,14-16H2,1-3H3,(H,30,32). The van der Waals surface area contributed by atoms with Crippen molar-refractivity contribution in [2.45, 2.75) is 17.4 Å². The molecule has 0 aromatic heterocycles. The number of benzene rings is 3. The summed E-state index contributed by atoms with van der Waals surface area (Å²) in [6.07, 6.45) is 0. The van der Waals surface area contributed by atoms with E-state index in [0.29, 0.717) is 33.4 Å². The van der Waals surface area contributed by atoms with E-state index in [1.165, 1.54) is 62.0 Å². The minimum atomic E-state index is -3.91. The zero-order valence-corrected chi connectivity index (χ0v) is 22.7. The molecule has 4 rings (SSSR count). The SMILES string of the molecule is COc1cc(C2CN(S(=O)(=O)c3ccc(Cl)cc3)CC2C(=O)NCc2ccc(F)cc2)cc(OC)c1OC. The predicted octanol–water partition coefficient (Wildman–Crippen LogP) is 4.23. The number of rotatable bonds is 9. The highest BCUT2D eigenvalue weighted by Crippen LogP contribution is 2.44. The molecule has 1 aliphatic rings. The summed E-state index contributed by atoms with van der Waals surface area (Å²) < 4.78 is 57.9. The van der Waals surface area contributed by atoms with Gasteiger partial charge in [-0.15, -0.1) is 0 Å². The Kier molecular flexibility index (Phi) is 8.44. The molecule has 11 heteroatoms. The maximum absolute atomic E-state index is 13.5. The largest absolute Gasteiger partial charge is 0.493 e. The second-order valence-corrected chi connectivity index (χ2v) is 11.2. The lowest BCUT2D eigenvalue weighted by atomic mass is 9.87. The summed E-state index contributed by atoms with van der Waals surface area (Å²) in [6.45, 7) is 0.182. The van der Waals surface area contributed by atoms with Gasteiger partial charge in [0, 0.05) is 30.6 Å². The van der Waals surface area contributed by atoms with Crippen LogP contribution in [-0.2, 0) is 21.4 Å². The summed E-state index contributed by atoms with van der Waals surface area (Å²) in [7, 11) is 0.547. The Morgan fingerprint density at radius 1 is 0.974 bits per heavy atom. The van der Waals surface area contributed by atoms with Crippen LogP contribution in [0.4, 0.5) is 4.39 Å². The summed E-state index contributed by atoms with van der Waals surface area (Å²) in [6, 6.07) is 15.1. The second-order valence-electron chi connectivity index (χ2n) is 8.79. The highest BCUT2D eigenvalue weighted by Gasteiger charge is 2.44. The molecule has 38 heavy (non-hydrogen) atoms. The fourth-order valence-corrected chi connectivity index (χ4v) is 6.18. The average Bonchev–Trinajstić information content (AvgIpc) is 3.38. The van der Waals surface area contributed by atoms with Gasteiger partial charge in [0.2, 0.25) is 21.7 Å². The molecule has 1 fully saturated rings. The van der Waals surface area contributed by atoms with Crippen LogP contribution in [0.2, 0.25) is 5.02 Å². The van der Waals surface area contributed by atoms with Gasteiger partial charge in [0.1, 0.15) is 5.82 Å². The molecule has 0 saturated carbocycles. The average molecular weight is 563 g/mol. The van der Waals surface area contributed by atoms with E-state index in [9.17, 15) is 17.6 Å². The first kappa shape index (κ1) is 27.7. The minimum absolute atomic E-state index is 0.0401. The van der Waals surface area contributed by atoms with Crippen LogP contribution >= 0.6 is 11.6 Å². The van der Waals surface area contributed by atoms with Crippen molar-refractivity contribution >= 4 is 27.5 Å². The normalized spacial score (nSPS) is 17.7. The van der Waals surface area contributed by atoms with Gasteiger partial charge in [0.25, 0.3) is 0 Å². The van der Waals surface area contributed by atoms with E-state index in [0.717, 1.165) is 0 Å². The number of methoxy groups -OCH3 is 3. The molecule has 0 bridgehead atoms. The maximum Gasteiger partial charge on any atom is 0.243 e. The van der Waals surface area contributed by atoms with Crippen molar-refractivity contribution in [2.75, 3.05) is 34.4 Å². The highest BCUT2D eigenvalue weighted by molar-refractivity contribution is 7.89. The predicted molar refractivity (Wildman–Crippen MR) is 141 cm³/mol. The quantitative estimate of drug-likeness (QED) is 0.419. The first-order valence-corrected chi connectivity index (χ1v) is 13.6. The zero-order valence-electron chi connectivity index (χ0n) is 21.1. The van der Waals surface area contributed by atoms with Gasteiger partial charge in [0.15, 0.2) is 11.5 Å². The van der Waals surface area contributed by atoms with Gasteiger partial charge in [-0.2, -0.15) is 4.31 Å². The van der Waals surface area contributed by atoms with Crippen LogP contribution in [0.3, 0.4) is 0 Å². The number of carbonyl (C=O) groups is 1. The van der Waals surface area contributed by atoms with Gasteiger partial charge >= 0.3 is 0 Å². The molecule has 1 amide bonds.